The second-order valence-electron chi connectivity index (χ2n) is 4.99. The van der Waals surface area contributed by atoms with Crippen molar-refractivity contribution in [2.75, 3.05) is 26.3 Å². The summed E-state index contributed by atoms with van der Waals surface area (Å²) in [7, 11) is 0. The Morgan fingerprint density at radius 1 is 1.42 bits per heavy atom. The number of likely N-dealkylation sites (tertiary alicyclic amines) is 1. The highest BCUT2D eigenvalue weighted by atomic mass is 19.4. The molecule has 0 spiro atoms. The molecule has 0 bridgehead atoms. The molecule has 2 unspecified atom stereocenters. The van der Waals surface area contributed by atoms with E-state index >= 15 is 0 Å². The van der Waals surface area contributed by atoms with E-state index in [9.17, 15) is 18.0 Å². The summed E-state index contributed by atoms with van der Waals surface area (Å²) in [6.45, 7) is 1.56. The molecule has 1 fully saturated rings. The molecule has 7 heteroatoms. The summed E-state index contributed by atoms with van der Waals surface area (Å²) in [5, 5.41) is 0. The summed E-state index contributed by atoms with van der Waals surface area (Å²) >= 11 is 0. The largest absolute Gasteiger partial charge is 0.411 e. The lowest BCUT2D eigenvalue weighted by atomic mass is 9.93. The van der Waals surface area contributed by atoms with Crippen molar-refractivity contribution in [3.63, 3.8) is 0 Å². The van der Waals surface area contributed by atoms with Gasteiger partial charge < -0.3 is 15.4 Å². The fourth-order valence-corrected chi connectivity index (χ4v) is 2.21. The van der Waals surface area contributed by atoms with Crippen LogP contribution in [0, 0.1) is 5.92 Å². The first-order valence-electron chi connectivity index (χ1n) is 6.47. The molecule has 0 aromatic rings. The lowest BCUT2D eigenvalue weighted by Gasteiger charge is -2.37. The van der Waals surface area contributed by atoms with Crippen molar-refractivity contribution >= 4 is 5.91 Å². The van der Waals surface area contributed by atoms with Gasteiger partial charge in [-0.25, -0.2) is 0 Å². The van der Waals surface area contributed by atoms with Crippen molar-refractivity contribution in [2.24, 2.45) is 11.7 Å². The van der Waals surface area contributed by atoms with Gasteiger partial charge >= 0.3 is 6.18 Å². The molecule has 0 aromatic heterocycles. The first-order chi connectivity index (χ1) is 8.83. The average Bonchev–Trinajstić information content (AvgIpc) is 2.34. The first kappa shape index (κ1) is 16.2. The predicted octanol–water partition coefficient (Wildman–Crippen LogP) is 1.54. The summed E-state index contributed by atoms with van der Waals surface area (Å²) in [5.41, 5.74) is 5.59. The van der Waals surface area contributed by atoms with Crippen LogP contribution >= 0.6 is 0 Å². The van der Waals surface area contributed by atoms with Gasteiger partial charge in [-0.1, -0.05) is 0 Å². The van der Waals surface area contributed by atoms with Gasteiger partial charge in [0.15, 0.2) is 0 Å². The van der Waals surface area contributed by atoms with Crippen molar-refractivity contribution in [1.29, 1.82) is 0 Å². The van der Waals surface area contributed by atoms with Gasteiger partial charge in [-0.2, -0.15) is 13.2 Å². The molecule has 1 aliphatic heterocycles. The van der Waals surface area contributed by atoms with Crippen LogP contribution in [0.25, 0.3) is 0 Å². The minimum absolute atomic E-state index is 0.0162. The van der Waals surface area contributed by atoms with E-state index < -0.39 is 12.8 Å². The topological polar surface area (TPSA) is 55.6 Å². The minimum atomic E-state index is -4.34. The van der Waals surface area contributed by atoms with Gasteiger partial charge in [-0.15, -0.1) is 0 Å². The Labute approximate surface area is 111 Å². The van der Waals surface area contributed by atoms with Gasteiger partial charge in [-0.3, -0.25) is 4.79 Å². The maximum atomic E-state index is 11.9. The van der Waals surface area contributed by atoms with Crippen LogP contribution in [0.4, 0.5) is 13.2 Å². The van der Waals surface area contributed by atoms with Crippen LogP contribution in [-0.2, 0) is 9.53 Å². The number of hydrogen-bond donors (Lipinski definition) is 1. The van der Waals surface area contributed by atoms with Gasteiger partial charge in [0.2, 0.25) is 5.91 Å². The molecular weight excluding hydrogens is 261 g/mol. The Kier molecular flexibility index (Phi) is 6.06. The molecule has 112 valence electrons. The predicted molar refractivity (Wildman–Crippen MR) is 64.4 cm³/mol. The minimum Gasteiger partial charge on any atom is -0.372 e. The lowest BCUT2D eigenvalue weighted by Crippen LogP contribution is -2.47. The number of nitrogens with zero attached hydrogens (tertiary/aromatic N) is 1. The number of halogens is 3. The normalized spacial score (nSPS) is 24.6. The molecule has 1 rings (SSSR count). The summed E-state index contributed by atoms with van der Waals surface area (Å²) in [6, 6.07) is 0.123. The molecule has 2 atom stereocenters. The number of hydrogen-bond acceptors (Lipinski definition) is 3. The van der Waals surface area contributed by atoms with Crippen LogP contribution in [0.2, 0.25) is 0 Å². The highest BCUT2D eigenvalue weighted by Crippen LogP contribution is 2.22. The number of carbonyl (C=O) groups is 1. The zero-order valence-electron chi connectivity index (χ0n) is 11.1. The zero-order chi connectivity index (χ0) is 14.5. The molecule has 0 saturated carbocycles. The van der Waals surface area contributed by atoms with Gasteiger partial charge in [0, 0.05) is 12.6 Å². The third-order valence-electron chi connectivity index (χ3n) is 3.36. The standard InChI is InChI=1S/C12H21F3N2O2/c1-9-2-3-10(6-16)7-17(9)11(18)4-5-19-8-12(13,14)15/h9-10H,2-8,16H2,1H3. The maximum Gasteiger partial charge on any atom is 0.411 e. The molecule has 0 aliphatic carbocycles. The number of rotatable bonds is 5. The number of carbonyl (C=O) groups excluding carboxylic acids is 1. The van der Waals surface area contributed by atoms with Crippen molar-refractivity contribution < 1.29 is 22.7 Å². The van der Waals surface area contributed by atoms with E-state index in [0.717, 1.165) is 12.8 Å². The van der Waals surface area contributed by atoms with E-state index in [1.54, 1.807) is 4.90 Å². The Bertz CT molecular complexity index is 297. The second-order valence-corrected chi connectivity index (χ2v) is 4.99. The maximum absolute atomic E-state index is 11.9. The number of ether oxygens (including phenoxy) is 1. The van der Waals surface area contributed by atoms with Crippen LogP contribution in [0.5, 0.6) is 0 Å². The molecule has 1 heterocycles. The molecule has 4 nitrogen and oxygen atoms in total. The fraction of sp³-hybridized carbons (Fsp3) is 0.917. The highest BCUT2D eigenvalue weighted by molar-refractivity contribution is 5.76. The Morgan fingerprint density at radius 2 is 2.11 bits per heavy atom. The van der Waals surface area contributed by atoms with E-state index in [1.807, 2.05) is 6.92 Å². The fourth-order valence-electron chi connectivity index (χ4n) is 2.21. The Hall–Kier alpha value is -0.820. The summed E-state index contributed by atoms with van der Waals surface area (Å²) in [6.07, 6.45) is -2.48. The molecular formula is C12H21F3N2O2. The van der Waals surface area contributed by atoms with Crippen molar-refractivity contribution in [3.8, 4) is 0 Å². The van der Waals surface area contributed by atoms with Crippen LogP contribution in [0.15, 0.2) is 0 Å². The van der Waals surface area contributed by atoms with Gasteiger partial charge in [0.1, 0.15) is 6.61 Å². The Morgan fingerprint density at radius 3 is 2.68 bits per heavy atom. The summed E-state index contributed by atoms with van der Waals surface area (Å²) in [5.74, 6) is 0.129. The molecule has 0 radical (unpaired) electrons. The average molecular weight is 282 g/mol. The number of piperidine rings is 1. The number of nitrogens with two attached hydrogens (primary N) is 1. The summed E-state index contributed by atoms with van der Waals surface area (Å²) < 4.78 is 40.0. The smallest absolute Gasteiger partial charge is 0.372 e. The van der Waals surface area contributed by atoms with Crippen LogP contribution in [0.1, 0.15) is 26.2 Å². The lowest BCUT2D eigenvalue weighted by molar-refractivity contribution is -0.175. The molecule has 1 aliphatic rings. The van der Waals surface area contributed by atoms with E-state index in [4.69, 9.17) is 5.73 Å². The quantitative estimate of drug-likeness (QED) is 0.778. The Balaban J connectivity index is 2.31. The van der Waals surface area contributed by atoms with E-state index in [2.05, 4.69) is 4.74 Å². The first-order valence-corrected chi connectivity index (χ1v) is 6.47. The highest BCUT2D eigenvalue weighted by Gasteiger charge is 2.29. The van der Waals surface area contributed by atoms with Crippen LogP contribution < -0.4 is 5.73 Å². The summed E-state index contributed by atoms with van der Waals surface area (Å²) in [4.78, 5) is 13.6. The van der Waals surface area contributed by atoms with Crippen molar-refractivity contribution in [1.82, 2.24) is 4.90 Å². The van der Waals surface area contributed by atoms with Crippen LogP contribution in [0.3, 0.4) is 0 Å². The SMILES string of the molecule is CC1CCC(CN)CN1C(=O)CCOCC(F)(F)F. The van der Waals surface area contributed by atoms with Crippen molar-refractivity contribution in [3.05, 3.63) is 0 Å². The van der Waals surface area contributed by atoms with Gasteiger partial charge in [0.25, 0.3) is 0 Å². The number of amides is 1. The van der Waals surface area contributed by atoms with Gasteiger partial charge in [-0.05, 0) is 32.2 Å². The van der Waals surface area contributed by atoms with E-state index in [0.29, 0.717) is 13.1 Å². The van der Waals surface area contributed by atoms with Crippen molar-refractivity contribution in [2.45, 2.75) is 38.4 Å². The van der Waals surface area contributed by atoms with E-state index in [-0.39, 0.29) is 30.9 Å². The molecule has 1 amide bonds. The molecule has 1 saturated heterocycles. The second kappa shape index (κ2) is 7.09. The van der Waals surface area contributed by atoms with E-state index in [1.165, 1.54) is 0 Å². The van der Waals surface area contributed by atoms with Crippen LogP contribution in [-0.4, -0.2) is 49.3 Å². The van der Waals surface area contributed by atoms with Gasteiger partial charge in [0.05, 0.1) is 13.0 Å². The zero-order valence-corrected chi connectivity index (χ0v) is 11.1. The molecule has 0 aromatic carbocycles. The molecule has 2 N–H and O–H groups in total. The molecule has 19 heavy (non-hydrogen) atoms. The number of alkyl halides is 3. The monoisotopic (exact) mass is 282 g/mol. The third-order valence-corrected chi connectivity index (χ3v) is 3.36. The third kappa shape index (κ3) is 5.78.